The fourth-order valence-electron chi connectivity index (χ4n) is 2.57. The molecule has 10 nitrogen and oxygen atoms in total. The molecule has 1 amide bonds. The summed E-state index contributed by atoms with van der Waals surface area (Å²) < 4.78 is 52.1. The lowest BCUT2D eigenvalue weighted by Crippen LogP contribution is -2.24. The molecule has 1 aromatic heterocycles. The molecule has 0 bridgehead atoms. The van der Waals surface area contributed by atoms with Crippen LogP contribution in [0.4, 0.5) is 11.4 Å². The zero-order valence-electron chi connectivity index (χ0n) is 15.8. The Morgan fingerprint density at radius 2 is 1.67 bits per heavy atom. The maximum atomic E-state index is 12.6. The van der Waals surface area contributed by atoms with Crippen molar-refractivity contribution in [2.45, 2.75) is 22.8 Å². The maximum Gasteiger partial charge on any atom is 0.261 e. The van der Waals surface area contributed by atoms with E-state index < -0.39 is 26.1 Å². The normalized spacial score (nSPS) is 12.9. The second kappa shape index (κ2) is 8.26. The molecule has 1 heterocycles. The summed E-state index contributed by atoms with van der Waals surface area (Å²) in [4.78, 5) is 11.8. The van der Waals surface area contributed by atoms with Crippen molar-refractivity contribution in [2.24, 2.45) is 5.14 Å². The third kappa shape index (κ3) is 5.03. The SMILES string of the molecule is CC(C(=O)Nc1cccc(NS(=O)(=O)c2cccc(S(N)(=O)=O)c2)c1)n1cccn1. The van der Waals surface area contributed by atoms with Gasteiger partial charge in [0.25, 0.3) is 10.0 Å². The van der Waals surface area contributed by atoms with Crippen LogP contribution in [0.5, 0.6) is 0 Å². The number of benzene rings is 2. The van der Waals surface area contributed by atoms with E-state index in [4.69, 9.17) is 5.14 Å². The van der Waals surface area contributed by atoms with Crippen LogP contribution >= 0.6 is 0 Å². The molecule has 0 aliphatic carbocycles. The number of aromatic nitrogens is 2. The van der Waals surface area contributed by atoms with Gasteiger partial charge in [0.05, 0.1) is 15.5 Å². The Bertz CT molecular complexity index is 1270. The molecule has 0 saturated carbocycles. The van der Waals surface area contributed by atoms with Crippen molar-refractivity contribution >= 4 is 37.3 Å². The summed E-state index contributed by atoms with van der Waals surface area (Å²) in [6.07, 6.45) is 3.22. The van der Waals surface area contributed by atoms with Gasteiger partial charge in [0.1, 0.15) is 6.04 Å². The monoisotopic (exact) mass is 449 g/mol. The molecule has 2 aromatic carbocycles. The topological polar surface area (TPSA) is 153 Å². The number of carbonyl (C=O) groups is 1. The van der Waals surface area contributed by atoms with Crippen molar-refractivity contribution in [3.8, 4) is 0 Å². The van der Waals surface area contributed by atoms with Crippen LogP contribution in [0.1, 0.15) is 13.0 Å². The van der Waals surface area contributed by atoms with Gasteiger partial charge in [-0.05, 0) is 49.4 Å². The average Bonchev–Trinajstić information content (AvgIpc) is 3.21. The number of hydrogen-bond acceptors (Lipinski definition) is 6. The summed E-state index contributed by atoms with van der Waals surface area (Å²) in [5.41, 5.74) is 0.554. The molecular formula is C18H19N5O5S2. The second-order valence-corrected chi connectivity index (χ2v) is 9.60. The molecule has 30 heavy (non-hydrogen) atoms. The number of nitrogens with one attached hydrogen (secondary N) is 2. The van der Waals surface area contributed by atoms with Gasteiger partial charge in [-0.25, -0.2) is 22.0 Å². The molecule has 3 aromatic rings. The van der Waals surface area contributed by atoms with Gasteiger partial charge in [0.2, 0.25) is 15.9 Å². The van der Waals surface area contributed by atoms with Crippen molar-refractivity contribution in [2.75, 3.05) is 10.0 Å². The fourth-order valence-corrected chi connectivity index (χ4v) is 4.30. The summed E-state index contributed by atoms with van der Waals surface area (Å²) in [6, 6.07) is 11.9. The first-order valence-electron chi connectivity index (χ1n) is 8.62. The van der Waals surface area contributed by atoms with E-state index in [1.54, 1.807) is 37.5 Å². The number of hydrogen-bond donors (Lipinski definition) is 3. The van der Waals surface area contributed by atoms with E-state index in [2.05, 4.69) is 15.1 Å². The summed E-state index contributed by atoms with van der Waals surface area (Å²) in [5.74, 6) is -0.334. The highest BCUT2D eigenvalue weighted by Crippen LogP contribution is 2.22. The number of nitrogens with zero attached hydrogens (tertiary/aromatic N) is 2. The Balaban J connectivity index is 1.78. The van der Waals surface area contributed by atoms with Gasteiger partial charge in [-0.3, -0.25) is 14.2 Å². The molecule has 0 aliphatic rings. The summed E-state index contributed by atoms with van der Waals surface area (Å²) in [7, 11) is -8.14. The molecule has 1 atom stereocenters. The molecule has 158 valence electrons. The van der Waals surface area contributed by atoms with Crippen molar-refractivity contribution in [1.29, 1.82) is 0 Å². The standard InChI is InChI=1S/C18H19N5O5S2/c1-13(23-10-4-9-20-23)18(24)21-14-5-2-6-15(11-14)22-30(27,28)17-8-3-7-16(12-17)29(19,25)26/h2-13,22H,1H3,(H,21,24)(H2,19,25,26). The molecule has 0 saturated heterocycles. The molecule has 4 N–H and O–H groups in total. The Morgan fingerprint density at radius 1 is 1.00 bits per heavy atom. The summed E-state index contributed by atoms with van der Waals surface area (Å²) in [6.45, 7) is 1.67. The van der Waals surface area contributed by atoms with Crippen LogP contribution in [0.2, 0.25) is 0 Å². The Labute approximate surface area is 173 Å². The highest BCUT2D eigenvalue weighted by molar-refractivity contribution is 7.93. The van der Waals surface area contributed by atoms with E-state index in [0.29, 0.717) is 5.69 Å². The van der Waals surface area contributed by atoms with E-state index in [0.717, 1.165) is 6.07 Å². The van der Waals surface area contributed by atoms with Gasteiger partial charge in [-0.2, -0.15) is 5.10 Å². The Kier molecular flexibility index (Phi) is 5.92. The van der Waals surface area contributed by atoms with Gasteiger partial charge < -0.3 is 5.32 Å². The van der Waals surface area contributed by atoms with E-state index >= 15 is 0 Å². The molecular weight excluding hydrogens is 430 g/mol. The first-order chi connectivity index (χ1) is 14.1. The molecule has 3 rings (SSSR count). The number of carbonyl (C=O) groups excluding carboxylic acids is 1. The van der Waals surface area contributed by atoms with E-state index in [-0.39, 0.29) is 21.4 Å². The maximum absolute atomic E-state index is 12.6. The average molecular weight is 450 g/mol. The van der Waals surface area contributed by atoms with Crippen LogP contribution in [-0.2, 0) is 24.8 Å². The minimum atomic E-state index is -4.09. The van der Waals surface area contributed by atoms with Crippen molar-refractivity contribution in [1.82, 2.24) is 9.78 Å². The van der Waals surface area contributed by atoms with Crippen molar-refractivity contribution in [3.63, 3.8) is 0 Å². The largest absolute Gasteiger partial charge is 0.324 e. The van der Waals surface area contributed by atoms with Crippen LogP contribution < -0.4 is 15.2 Å². The molecule has 12 heteroatoms. The number of amides is 1. The Morgan fingerprint density at radius 3 is 2.33 bits per heavy atom. The number of sulfonamides is 2. The lowest BCUT2D eigenvalue weighted by molar-refractivity contribution is -0.119. The molecule has 0 radical (unpaired) electrons. The highest BCUT2D eigenvalue weighted by atomic mass is 32.2. The zero-order valence-corrected chi connectivity index (χ0v) is 17.4. The smallest absolute Gasteiger partial charge is 0.261 e. The molecule has 0 fully saturated rings. The minimum absolute atomic E-state index is 0.181. The van der Waals surface area contributed by atoms with Crippen LogP contribution in [0.25, 0.3) is 0 Å². The first kappa shape index (κ1) is 21.5. The molecule has 0 aliphatic heterocycles. The van der Waals surface area contributed by atoms with Gasteiger partial charge >= 0.3 is 0 Å². The quantitative estimate of drug-likeness (QED) is 0.497. The van der Waals surface area contributed by atoms with E-state index in [1.165, 1.54) is 35.0 Å². The number of anilines is 2. The van der Waals surface area contributed by atoms with Crippen molar-refractivity contribution < 1.29 is 21.6 Å². The lowest BCUT2D eigenvalue weighted by Gasteiger charge is -2.14. The minimum Gasteiger partial charge on any atom is -0.324 e. The third-order valence-corrected chi connectivity index (χ3v) is 6.42. The van der Waals surface area contributed by atoms with E-state index in [1.807, 2.05) is 0 Å². The second-order valence-electron chi connectivity index (χ2n) is 6.36. The Hall–Kier alpha value is -3.22. The number of primary sulfonamides is 1. The predicted molar refractivity (Wildman–Crippen MR) is 111 cm³/mol. The lowest BCUT2D eigenvalue weighted by atomic mass is 10.2. The molecule has 1 unspecified atom stereocenters. The van der Waals surface area contributed by atoms with Crippen LogP contribution in [0.15, 0.2) is 76.8 Å². The fraction of sp³-hybridized carbons (Fsp3) is 0.111. The van der Waals surface area contributed by atoms with Crippen LogP contribution in [0, 0.1) is 0 Å². The van der Waals surface area contributed by atoms with Gasteiger partial charge in [-0.15, -0.1) is 0 Å². The summed E-state index contributed by atoms with van der Waals surface area (Å²) >= 11 is 0. The first-order valence-corrected chi connectivity index (χ1v) is 11.6. The predicted octanol–water partition coefficient (Wildman–Crippen LogP) is 1.53. The van der Waals surface area contributed by atoms with Gasteiger partial charge in [-0.1, -0.05) is 12.1 Å². The van der Waals surface area contributed by atoms with Gasteiger partial charge in [0, 0.05) is 18.1 Å². The van der Waals surface area contributed by atoms with Crippen LogP contribution in [0.3, 0.4) is 0 Å². The highest BCUT2D eigenvalue weighted by Gasteiger charge is 2.19. The molecule has 0 spiro atoms. The third-order valence-electron chi connectivity index (χ3n) is 4.13. The summed E-state index contributed by atoms with van der Waals surface area (Å²) in [5, 5.41) is 11.8. The van der Waals surface area contributed by atoms with Gasteiger partial charge in [0.15, 0.2) is 0 Å². The number of rotatable bonds is 7. The van der Waals surface area contributed by atoms with Crippen LogP contribution in [-0.4, -0.2) is 32.5 Å². The number of nitrogens with two attached hydrogens (primary N) is 1. The van der Waals surface area contributed by atoms with E-state index in [9.17, 15) is 21.6 Å². The zero-order chi connectivity index (χ0) is 21.9. The van der Waals surface area contributed by atoms with Crippen molar-refractivity contribution in [3.05, 3.63) is 67.0 Å².